The van der Waals surface area contributed by atoms with Gasteiger partial charge in [-0.15, -0.1) is 0 Å². The topological polar surface area (TPSA) is 149 Å². The quantitative estimate of drug-likeness (QED) is 0.116. The first-order valence-corrected chi connectivity index (χ1v) is 12.7. The number of amides is 2. The van der Waals surface area contributed by atoms with Gasteiger partial charge in [0.25, 0.3) is 11.8 Å². The largest absolute Gasteiger partial charge is 0.388 e. The predicted molar refractivity (Wildman–Crippen MR) is 152 cm³/mol. The van der Waals surface area contributed by atoms with Gasteiger partial charge in [-0.3, -0.25) is 25.3 Å². The van der Waals surface area contributed by atoms with Crippen LogP contribution >= 0.6 is 0 Å². The van der Waals surface area contributed by atoms with Crippen LogP contribution in [-0.2, 0) is 0 Å². The second kappa shape index (κ2) is 12.2. The van der Waals surface area contributed by atoms with Gasteiger partial charge < -0.3 is 16.8 Å². The highest BCUT2D eigenvalue weighted by molar-refractivity contribution is 6.28. The van der Waals surface area contributed by atoms with Crippen molar-refractivity contribution < 1.29 is 9.59 Å². The van der Waals surface area contributed by atoms with Gasteiger partial charge in [0, 0.05) is 51.8 Å². The van der Waals surface area contributed by atoms with Gasteiger partial charge >= 0.3 is 0 Å². The maximum atomic E-state index is 13.5. The number of hydrogen-bond donors (Lipinski definition) is 5. The number of nitrogen functional groups attached to an aromatic ring is 1. The summed E-state index contributed by atoms with van der Waals surface area (Å²) in [6, 6.07) is 15.1. The molecule has 1 heterocycles. The minimum Gasteiger partial charge on any atom is -0.388 e. The monoisotopic (exact) mass is 500 g/mol. The Bertz CT molecular complexity index is 1340. The lowest BCUT2D eigenvalue weighted by molar-refractivity contribution is 0.0608. The molecule has 1 aliphatic rings. The summed E-state index contributed by atoms with van der Waals surface area (Å²) in [5.41, 5.74) is 14.8. The van der Waals surface area contributed by atoms with E-state index in [9.17, 15) is 9.59 Å². The molecule has 0 unspecified atom stereocenters. The molecule has 0 saturated carbocycles. The summed E-state index contributed by atoms with van der Waals surface area (Å²) in [5, 5.41) is 19.3. The lowest BCUT2D eigenvalue weighted by Gasteiger charge is -2.29. The Balaban J connectivity index is 0.000000886. The number of benzene rings is 3. The van der Waals surface area contributed by atoms with Gasteiger partial charge in [-0.1, -0.05) is 57.0 Å². The number of amidine groups is 2. The molecule has 0 bridgehead atoms. The molecule has 7 N–H and O–H groups in total. The first kappa shape index (κ1) is 27.4. The van der Waals surface area contributed by atoms with Crippen LogP contribution in [0.2, 0.25) is 0 Å². The molecule has 194 valence electrons. The Morgan fingerprint density at radius 3 is 2.19 bits per heavy atom. The molecule has 1 aliphatic heterocycles. The average Bonchev–Trinajstić information content (AvgIpc) is 2.87. The fourth-order valence-corrected chi connectivity index (χ4v) is 4.40. The van der Waals surface area contributed by atoms with Crippen LogP contribution in [0.1, 0.15) is 72.7 Å². The SMILES string of the molecule is CC(=N)N.CCCCNc1c(-c2cccc(C(=N)N)c2)cc2c3c(cccc13)C(=O)N(CCCC)C2=O. The number of unbranched alkanes of at least 4 members (excludes halogenated alkanes) is 2. The highest BCUT2D eigenvalue weighted by Crippen LogP contribution is 2.41. The zero-order valence-corrected chi connectivity index (χ0v) is 21.8. The molecule has 0 aliphatic carbocycles. The molecular formula is C29H36N6O2. The molecule has 0 atom stereocenters. The third-order valence-electron chi connectivity index (χ3n) is 6.16. The zero-order chi connectivity index (χ0) is 27.1. The normalized spacial score (nSPS) is 12.2. The van der Waals surface area contributed by atoms with Crippen molar-refractivity contribution in [2.24, 2.45) is 11.5 Å². The van der Waals surface area contributed by atoms with E-state index in [0.29, 0.717) is 28.6 Å². The highest BCUT2D eigenvalue weighted by atomic mass is 16.2. The van der Waals surface area contributed by atoms with Crippen molar-refractivity contribution in [1.82, 2.24) is 4.90 Å². The van der Waals surface area contributed by atoms with E-state index >= 15 is 0 Å². The fraction of sp³-hybridized carbons (Fsp3) is 0.310. The molecule has 3 aromatic carbocycles. The van der Waals surface area contributed by atoms with Crippen LogP contribution in [0.5, 0.6) is 0 Å². The summed E-state index contributed by atoms with van der Waals surface area (Å²) >= 11 is 0. The molecular weight excluding hydrogens is 464 g/mol. The first-order chi connectivity index (χ1) is 17.7. The van der Waals surface area contributed by atoms with Crippen molar-refractivity contribution in [1.29, 1.82) is 10.8 Å². The maximum absolute atomic E-state index is 13.5. The third kappa shape index (κ3) is 5.97. The molecule has 8 heteroatoms. The minimum absolute atomic E-state index is 0.00540. The second-order valence-electron chi connectivity index (χ2n) is 9.15. The van der Waals surface area contributed by atoms with Gasteiger partial charge in [0.15, 0.2) is 0 Å². The number of nitrogens with zero attached hydrogens (tertiary/aromatic N) is 1. The van der Waals surface area contributed by atoms with Crippen LogP contribution < -0.4 is 16.8 Å². The van der Waals surface area contributed by atoms with Crippen LogP contribution in [0.4, 0.5) is 5.69 Å². The van der Waals surface area contributed by atoms with Gasteiger partial charge in [0.1, 0.15) is 5.84 Å². The number of nitrogens with one attached hydrogen (secondary N) is 3. The number of carbonyl (C=O) groups excluding carboxylic acids is 2. The van der Waals surface area contributed by atoms with Gasteiger partial charge in [0.05, 0.1) is 5.84 Å². The Morgan fingerprint density at radius 2 is 1.54 bits per heavy atom. The summed E-state index contributed by atoms with van der Waals surface area (Å²) in [6.45, 7) is 6.90. The standard InChI is InChI=1S/C27H30N4O2.C2H6N2/c1-3-5-13-30-24-19-11-8-12-20-23(19)22(27(33)31(26(20)32)14-6-4-2)16-21(24)17-9-7-10-18(15-17)25(28)29;1-2(3)4/h7-12,15-16,30H,3-6,13-14H2,1-2H3,(H3,28,29);1H3,(H3,3,4). The summed E-state index contributed by atoms with van der Waals surface area (Å²) < 4.78 is 0. The molecule has 0 radical (unpaired) electrons. The third-order valence-corrected chi connectivity index (χ3v) is 6.16. The molecule has 0 fully saturated rings. The van der Waals surface area contributed by atoms with Crippen LogP contribution in [0, 0.1) is 10.8 Å². The second-order valence-corrected chi connectivity index (χ2v) is 9.15. The molecule has 8 nitrogen and oxygen atoms in total. The minimum atomic E-state index is -0.249. The molecule has 0 spiro atoms. The Kier molecular flexibility index (Phi) is 9.00. The van der Waals surface area contributed by atoms with Crippen molar-refractivity contribution in [2.75, 3.05) is 18.4 Å². The number of imide groups is 1. The van der Waals surface area contributed by atoms with E-state index in [1.807, 2.05) is 49.4 Å². The van der Waals surface area contributed by atoms with Crippen LogP contribution in [-0.4, -0.2) is 41.5 Å². The van der Waals surface area contributed by atoms with Crippen molar-refractivity contribution in [3.63, 3.8) is 0 Å². The Labute approximate surface area is 218 Å². The van der Waals surface area contributed by atoms with Crippen molar-refractivity contribution in [3.8, 4) is 11.1 Å². The van der Waals surface area contributed by atoms with Gasteiger partial charge in [-0.25, -0.2) is 0 Å². The van der Waals surface area contributed by atoms with Crippen molar-refractivity contribution >= 4 is 39.9 Å². The van der Waals surface area contributed by atoms with Crippen molar-refractivity contribution in [3.05, 3.63) is 65.2 Å². The van der Waals surface area contributed by atoms with E-state index in [-0.39, 0.29) is 23.5 Å². The Hall–Kier alpha value is -4.20. The van der Waals surface area contributed by atoms with E-state index < -0.39 is 0 Å². The molecule has 0 saturated heterocycles. The fourth-order valence-electron chi connectivity index (χ4n) is 4.40. The summed E-state index contributed by atoms with van der Waals surface area (Å²) in [4.78, 5) is 28.1. The lowest BCUT2D eigenvalue weighted by Crippen LogP contribution is -2.41. The molecule has 37 heavy (non-hydrogen) atoms. The molecule has 0 aromatic heterocycles. The number of hydrogen-bond acceptors (Lipinski definition) is 5. The number of rotatable bonds is 9. The predicted octanol–water partition coefficient (Wildman–Crippen LogP) is 5.34. The number of nitrogens with two attached hydrogens (primary N) is 2. The van der Waals surface area contributed by atoms with E-state index in [2.05, 4.69) is 12.2 Å². The van der Waals surface area contributed by atoms with E-state index in [1.54, 1.807) is 6.07 Å². The van der Waals surface area contributed by atoms with Crippen LogP contribution in [0.25, 0.3) is 21.9 Å². The number of carbonyl (C=O) groups is 2. The maximum Gasteiger partial charge on any atom is 0.261 e. The number of anilines is 1. The lowest BCUT2D eigenvalue weighted by atomic mass is 9.88. The Morgan fingerprint density at radius 1 is 0.892 bits per heavy atom. The molecule has 2 amide bonds. The summed E-state index contributed by atoms with van der Waals surface area (Å²) in [5.74, 6) is -0.312. The van der Waals surface area contributed by atoms with Gasteiger partial charge in [-0.2, -0.15) is 0 Å². The summed E-state index contributed by atoms with van der Waals surface area (Å²) in [6.07, 6.45) is 3.72. The average molecular weight is 501 g/mol. The first-order valence-electron chi connectivity index (χ1n) is 12.7. The van der Waals surface area contributed by atoms with E-state index in [0.717, 1.165) is 54.4 Å². The van der Waals surface area contributed by atoms with Gasteiger partial charge in [0.2, 0.25) is 0 Å². The summed E-state index contributed by atoms with van der Waals surface area (Å²) in [7, 11) is 0. The van der Waals surface area contributed by atoms with E-state index in [1.165, 1.54) is 11.8 Å². The smallest absolute Gasteiger partial charge is 0.261 e. The molecule has 3 aromatic rings. The highest BCUT2D eigenvalue weighted by Gasteiger charge is 2.34. The zero-order valence-electron chi connectivity index (χ0n) is 21.8. The van der Waals surface area contributed by atoms with E-state index in [4.69, 9.17) is 22.3 Å². The van der Waals surface area contributed by atoms with Crippen LogP contribution in [0.3, 0.4) is 0 Å². The van der Waals surface area contributed by atoms with Gasteiger partial charge in [-0.05, 0) is 43.5 Å². The van der Waals surface area contributed by atoms with Crippen molar-refractivity contribution in [2.45, 2.75) is 46.5 Å². The molecule has 4 rings (SSSR count). The van der Waals surface area contributed by atoms with Crippen LogP contribution in [0.15, 0.2) is 48.5 Å².